The molecule has 0 fully saturated rings. The monoisotopic (exact) mass is 272 g/mol. The van der Waals surface area contributed by atoms with Gasteiger partial charge < -0.3 is 15.1 Å². The Balaban J connectivity index is 2.29. The first kappa shape index (κ1) is 14.3. The quantitative estimate of drug-likeness (QED) is 0.910. The lowest BCUT2D eigenvalue weighted by atomic mass is 10.1. The Hall–Kier alpha value is -2.07. The van der Waals surface area contributed by atoms with E-state index in [1.807, 2.05) is 38.1 Å². The van der Waals surface area contributed by atoms with Crippen LogP contribution in [0.15, 0.2) is 41.0 Å². The molecular weight excluding hydrogens is 252 g/mol. The van der Waals surface area contributed by atoms with Gasteiger partial charge in [-0.15, -0.1) is 0 Å². The van der Waals surface area contributed by atoms with E-state index in [4.69, 9.17) is 10.2 Å². The van der Waals surface area contributed by atoms with E-state index in [2.05, 4.69) is 0 Å². The summed E-state index contributed by atoms with van der Waals surface area (Å²) >= 11 is 0. The molecule has 1 amide bonds. The number of amides is 1. The van der Waals surface area contributed by atoms with Gasteiger partial charge in [-0.05, 0) is 50.6 Å². The Morgan fingerprint density at radius 3 is 2.70 bits per heavy atom. The average Bonchev–Trinajstić information content (AvgIpc) is 2.86. The maximum Gasteiger partial charge on any atom is 0.261 e. The molecule has 0 unspecified atom stereocenters. The molecule has 1 aromatic carbocycles. The van der Waals surface area contributed by atoms with Crippen molar-refractivity contribution in [3.05, 3.63) is 53.5 Å². The third-order valence-corrected chi connectivity index (χ3v) is 3.12. The van der Waals surface area contributed by atoms with Crippen molar-refractivity contribution in [3.8, 4) is 0 Å². The highest BCUT2D eigenvalue weighted by Gasteiger charge is 2.19. The summed E-state index contributed by atoms with van der Waals surface area (Å²) in [6, 6.07) is 9.66. The first-order valence-corrected chi connectivity index (χ1v) is 6.75. The number of aryl methyl sites for hydroxylation is 2. The summed E-state index contributed by atoms with van der Waals surface area (Å²) in [5.41, 5.74) is 8.15. The van der Waals surface area contributed by atoms with Crippen LogP contribution in [0.5, 0.6) is 0 Å². The Kier molecular flexibility index (Phi) is 4.58. The van der Waals surface area contributed by atoms with Crippen LogP contribution in [0.3, 0.4) is 0 Å². The number of hydrogen-bond acceptors (Lipinski definition) is 3. The van der Waals surface area contributed by atoms with Gasteiger partial charge in [0.25, 0.3) is 5.91 Å². The molecule has 2 rings (SSSR count). The van der Waals surface area contributed by atoms with E-state index in [1.165, 1.54) is 6.26 Å². The predicted molar refractivity (Wildman–Crippen MR) is 80.0 cm³/mol. The molecule has 4 nitrogen and oxygen atoms in total. The van der Waals surface area contributed by atoms with Gasteiger partial charge in [0.1, 0.15) is 12.0 Å². The largest absolute Gasteiger partial charge is 0.469 e. The number of rotatable bonds is 5. The molecule has 0 aliphatic heterocycles. The van der Waals surface area contributed by atoms with Crippen molar-refractivity contribution in [2.24, 2.45) is 5.73 Å². The maximum absolute atomic E-state index is 12.6. The fraction of sp³-hybridized carbons (Fsp3) is 0.312. The zero-order chi connectivity index (χ0) is 14.5. The topological polar surface area (TPSA) is 59.5 Å². The van der Waals surface area contributed by atoms with Crippen LogP contribution in [0.2, 0.25) is 0 Å². The molecule has 2 aromatic rings. The van der Waals surface area contributed by atoms with E-state index < -0.39 is 0 Å². The van der Waals surface area contributed by atoms with Gasteiger partial charge in [-0.1, -0.05) is 12.1 Å². The summed E-state index contributed by atoms with van der Waals surface area (Å²) in [5, 5.41) is 0. The van der Waals surface area contributed by atoms with Gasteiger partial charge in [-0.2, -0.15) is 0 Å². The number of nitrogens with two attached hydrogens (primary N) is 1. The molecule has 106 valence electrons. The van der Waals surface area contributed by atoms with E-state index in [1.54, 1.807) is 11.0 Å². The van der Waals surface area contributed by atoms with Crippen LogP contribution >= 0.6 is 0 Å². The number of carbonyl (C=O) groups is 1. The van der Waals surface area contributed by atoms with Crippen molar-refractivity contribution in [2.75, 3.05) is 18.0 Å². The number of nitrogens with zero attached hydrogens (tertiary/aromatic N) is 1. The molecule has 0 saturated carbocycles. The summed E-state index contributed by atoms with van der Waals surface area (Å²) in [7, 11) is 0. The minimum atomic E-state index is -0.0547. The second-order valence-corrected chi connectivity index (χ2v) is 4.88. The van der Waals surface area contributed by atoms with Gasteiger partial charge in [0, 0.05) is 12.2 Å². The van der Waals surface area contributed by atoms with Crippen LogP contribution in [0.25, 0.3) is 0 Å². The van der Waals surface area contributed by atoms with Crippen molar-refractivity contribution in [1.82, 2.24) is 0 Å². The minimum Gasteiger partial charge on any atom is -0.469 e. The standard InChI is InChI=1S/C16H20N2O2/c1-12-5-3-6-15(9-12)18(8-4-7-17)16(19)14-10-13(2)20-11-14/h3,5-6,9-11H,4,7-8,17H2,1-2H3. The summed E-state index contributed by atoms with van der Waals surface area (Å²) < 4.78 is 5.23. The Morgan fingerprint density at radius 1 is 1.30 bits per heavy atom. The summed E-state index contributed by atoms with van der Waals surface area (Å²) in [4.78, 5) is 14.4. The second kappa shape index (κ2) is 6.39. The number of benzene rings is 1. The fourth-order valence-corrected chi connectivity index (χ4v) is 2.10. The summed E-state index contributed by atoms with van der Waals surface area (Å²) in [6.45, 7) is 4.99. The predicted octanol–water partition coefficient (Wildman–Crippen LogP) is 2.89. The molecule has 20 heavy (non-hydrogen) atoms. The first-order valence-electron chi connectivity index (χ1n) is 6.75. The highest BCUT2D eigenvalue weighted by molar-refractivity contribution is 6.06. The lowest BCUT2D eigenvalue weighted by Crippen LogP contribution is -2.32. The molecule has 0 aliphatic carbocycles. The van der Waals surface area contributed by atoms with E-state index in [0.29, 0.717) is 18.7 Å². The summed E-state index contributed by atoms with van der Waals surface area (Å²) in [6.07, 6.45) is 2.26. The van der Waals surface area contributed by atoms with Crippen LogP contribution in [-0.2, 0) is 0 Å². The van der Waals surface area contributed by atoms with Crippen LogP contribution in [0.4, 0.5) is 5.69 Å². The lowest BCUT2D eigenvalue weighted by molar-refractivity contribution is 0.0986. The molecule has 0 aliphatic rings. The normalized spacial score (nSPS) is 10.6. The molecule has 2 N–H and O–H groups in total. The molecule has 0 bridgehead atoms. The van der Waals surface area contributed by atoms with E-state index in [0.717, 1.165) is 23.4 Å². The smallest absolute Gasteiger partial charge is 0.261 e. The Labute approximate surface area is 119 Å². The van der Waals surface area contributed by atoms with Crippen molar-refractivity contribution in [2.45, 2.75) is 20.3 Å². The highest BCUT2D eigenvalue weighted by Crippen LogP contribution is 2.20. The zero-order valence-corrected chi connectivity index (χ0v) is 11.9. The molecule has 1 aromatic heterocycles. The Bertz CT molecular complexity index is 590. The molecule has 4 heteroatoms. The van der Waals surface area contributed by atoms with Gasteiger partial charge in [-0.25, -0.2) is 0 Å². The SMILES string of the molecule is Cc1cccc(N(CCCN)C(=O)c2coc(C)c2)c1. The number of furan rings is 1. The second-order valence-electron chi connectivity index (χ2n) is 4.88. The lowest BCUT2D eigenvalue weighted by Gasteiger charge is -2.22. The van der Waals surface area contributed by atoms with Gasteiger partial charge in [0.2, 0.25) is 0 Å². The molecule has 0 spiro atoms. The summed E-state index contributed by atoms with van der Waals surface area (Å²) in [5.74, 6) is 0.678. The third kappa shape index (κ3) is 3.27. The molecular formula is C16H20N2O2. The van der Waals surface area contributed by atoms with Crippen LogP contribution in [0.1, 0.15) is 28.1 Å². The fourth-order valence-electron chi connectivity index (χ4n) is 2.10. The third-order valence-electron chi connectivity index (χ3n) is 3.12. The van der Waals surface area contributed by atoms with Gasteiger partial charge in [0.05, 0.1) is 5.56 Å². The van der Waals surface area contributed by atoms with Crippen molar-refractivity contribution in [3.63, 3.8) is 0 Å². The van der Waals surface area contributed by atoms with E-state index in [-0.39, 0.29) is 5.91 Å². The van der Waals surface area contributed by atoms with Gasteiger partial charge in [0.15, 0.2) is 0 Å². The van der Waals surface area contributed by atoms with E-state index >= 15 is 0 Å². The Morgan fingerprint density at radius 2 is 2.10 bits per heavy atom. The van der Waals surface area contributed by atoms with Crippen LogP contribution in [-0.4, -0.2) is 19.0 Å². The van der Waals surface area contributed by atoms with Crippen LogP contribution in [0, 0.1) is 13.8 Å². The number of carbonyl (C=O) groups excluding carboxylic acids is 1. The molecule has 0 saturated heterocycles. The molecule has 1 heterocycles. The zero-order valence-electron chi connectivity index (χ0n) is 11.9. The van der Waals surface area contributed by atoms with Crippen molar-refractivity contribution in [1.29, 1.82) is 0 Å². The van der Waals surface area contributed by atoms with Crippen molar-refractivity contribution >= 4 is 11.6 Å². The van der Waals surface area contributed by atoms with Gasteiger partial charge >= 0.3 is 0 Å². The molecule has 0 radical (unpaired) electrons. The van der Waals surface area contributed by atoms with Gasteiger partial charge in [-0.3, -0.25) is 4.79 Å². The first-order chi connectivity index (χ1) is 9.61. The number of anilines is 1. The number of hydrogen-bond donors (Lipinski definition) is 1. The van der Waals surface area contributed by atoms with Crippen molar-refractivity contribution < 1.29 is 9.21 Å². The molecule has 0 atom stereocenters. The minimum absolute atomic E-state index is 0.0547. The maximum atomic E-state index is 12.6. The van der Waals surface area contributed by atoms with Crippen LogP contribution < -0.4 is 10.6 Å². The average molecular weight is 272 g/mol. The van der Waals surface area contributed by atoms with E-state index in [9.17, 15) is 4.79 Å². The highest BCUT2D eigenvalue weighted by atomic mass is 16.3.